The van der Waals surface area contributed by atoms with Gasteiger partial charge in [-0.05, 0) is 55.0 Å². The van der Waals surface area contributed by atoms with Gasteiger partial charge < -0.3 is 4.90 Å². The Morgan fingerprint density at radius 2 is 1.69 bits per heavy atom. The first-order chi connectivity index (χ1) is 13.9. The number of rotatable bonds is 4. The Kier molecular flexibility index (Phi) is 5.69. The van der Waals surface area contributed by atoms with E-state index in [4.69, 9.17) is 0 Å². The minimum atomic E-state index is -3.49. The van der Waals surface area contributed by atoms with E-state index in [1.54, 1.807) is 0 Å². The Balaban J connectivity index is 1.39. The summed E-state index contributed by atoms with van der Waals surface area (Å²) in [6, 6.07) is 13.5. The lowest BCUT2D eigenvalue weighted by atomic mass is 9.94. The van der Waals surface area contributed by atoms with Gasteiger partial charge in [-0.15, -0.1) is 0 Å². The van der Waals surface area contributed by atoms with Crippen LogP contribution in [0.5, 0.6) is 0 Å². The molecule has 0 unspecified atom stereocenters. The Hall–Kier alpha value is -2.25. The van der Waals surface area contributed by atoms with Crippen molar-refractivity contribution in [3.8, 4) is 0 Å². The number of fused-ring (bicyclic) bond motifs is 1. The van der Waals surface area contributed by atoms with Gasteiger partial charge >= 0.3 is 0 Å². The van der Waals surface area contributed by atoms with E-state index in [1.165, 1.54) is 34.1 Å². The molecule has 29 heavy (non-hydrogen) atoms. The minimum Gasteiger partial charge on any atom is -0.312 e. The van der Waals surface area contributed by atoms with E-state index in [0.29, 0.717) is 31.5 Å². The normalized spacial score (nSPS) is 18.4. The molecule has 7 heteroatoms. The molecule has 0 aromatic heterocycles. The van der Waals surface area contributed by atoms with Gasteiger partial charge in [-0.2, -0.15) is 0 Å². The summed E-state index contributed by atoms with van der Waals surface area (Å²) >= 11 is 0. The van der Waals surface area contributed by atoms with E-state index < -0.39 is 10.0 Å². The van der Waals surface area contributed by atoms with Crippen LogP contribution in [0.25, 0.3) is 0 Å². The number of sulfonamides is 1. The smallest absolute Gasteiger partial charge is 0.230 e. The largest absolute Gasteiger partial charge is 0.312 e. The minimum absolute atomic E-state index is 0.104. The number of amides is 1. The van der Waals surface area contributed by atoms with Crippen molar-refractivity contribution in [3.05, 3.63) is 65.5 Å². The Bertz CT molecular complexity index is 983. The quantitative estimate of drug-likeness (QED) is 0.768. The molecule has 154 valence electrons. The van der Waals surface area contributed by atoms with Crippen LogP contribution >= 0.6 is 0 Å². The molecule has 0 bridgehead atoms. The molecule has 5 nitrogen and oxygen atoms in total. The lowest BCUT2D eigenvalue weighted by Gasteiger charge is -2.36. The fourth-order valence-corrected chi connectivity index (χ4v) is 5.81. The van der Waals surface area contributed by atoms with Crippen molar-refractivity contribution >= 4 is 21.6 Å². The van der Waals surface area contributed by atoms with Gasteiger partial charge in [-0.25, -0.2) is 17.1 Å². The topological polar surface area (TPSA) is 57.7 Å². The van der Waals surface area contributed by atoms with Crippen molar-refractivity contribution in [2.45, 2.75) is 31.4 Å². The van der Waals surface area contributed by atoms with Gasteiger partial charge in [0.05, 0.1) is 5.75 Å². The summed E-state index contributed by atoms with van der Waals surface area (Å²) in [5.74, 6) is -0.582. The summed E-state index contributed by atoms with van der Waals surface area (Å²) in [6.45, 7) is 1.41. The Labute approximate surface area is 171 Å². The first-order valence-corrected chi connectivity index (χ1v) is 11.7. The number of halogens is 1. The highest BCUT2D eigenvalue weighted by Gasteiger charge is 2.34. The standard InChI is InChI=1S/C22H25FN2O3S/c23-20-9-7-17(8-10-20)16-29(27,28)24-14-11-19(12-15-24)22(26)25-13-3-5-18-4-1-2-6-21(18)25/h1-2,4,6-10,19H,3,5,11-16H2. The summed E-state index contributed by atoms with van der Waals surface area (Å²) in [4.78, 5) is 15.0. The van der Waals surface area contributed by atoms with Gasteiger partial charge in [-0.1, -0.05) is 30.3 Å². The zero-order valence-corrected chi connectivity index (χ0v) is 17.1. The van der Waals surface area contributed by atoms with Crippen molar-refractivity contribution in [1.29, 1.82) is 0 Å². The zero-order chi connectivity index (χ0) is 20.4. The monoisotopic (exact) mass is 416 g/mol. The molecule has 0 atom stereocenters. The van der Waals surface area contributed by atoms with Gasteiger partial charge in [0, 0.05) is 31.2 Å². The van der Waals surface area contributed by atoms with Gasteiger partial charge in [-0.3, -0.25) is 4.79 Å². The summed E-state index contributed by atoms with van der Waals surface area (Å²) in [6.07, 6.45) is 2.99. The van der Waals surface area contributed by atoms with Crippen LogP contribution < -0.4 is 4.90 Å². The van der Waals surface area contributed by atoms with Gasteiger partial charge in [0.2, 0.25) is 15.9 Å². The molecule has 2 aliphatic rings. The van der Waals surface area contributed by atoms with E-state index in [0.717, 1.165) is 25.1 Å². The fraction of sp³-hybridized carbons (Fsp3) is 0.409. The van der Waals surface area contributed by atoms with Crippen LogP contribution in [0.1, 0.15) is 30.4 Å². The summed E-state index contributed by atoms with van der Waals surface area (Å²) in [5, 5.41) is 0. The predicted octanol–water partition coefficient (Wildman–Crippen LogP) is 3.35. The van der Waals surface area contributed by atoms with E-state index in [-0.39, 0.29) is 23.4 Å². The molecule has 0 radical (unpaired) electrons. The third-order valence-corrected chi connectivity index (χ3v) is 7.69. The van der Waals surface area contributed by atoms with Gasteiger partial charge in [0.25, 0.3) is 0 Å². The van der Waals surface area contributed by atoms with Crippen LogP contribution in [0.4, 0.5) is 10.1 Å². The van der Waals surface area contributed by atoms with Gasteiger partial charge in [0.15, 0.2) is 0 Å². The average Bonchev–Trinajstić information content (AvgIpc) is 2.74. The second-order valence-electron chi connectivity index (χ2n) is 7.78. The molecule has 2 aliphatic heterocycles. The molecule has 1 fully saturated rings. The fourth-order valence-electron chi connectivity index (χ4n) is 4.25. The van der Waals surface area contributed by atoms with Crippen LogP contribution in [0.3, 0.4) is 0 Å². The van der Waals surface area contributed by atoms with Crippen LogP contribution in [0.2, 0.25) is 0 Å². The SMILES string of the molecule is O=C(C1CCN(S(=O)(=O)Cc2ccc(F)cc2)CC1)N1CCCc2ccccc21. The molecule has 0 aliphatic carbocycles. The van der Waals surface area contributed by atoms with Crippen LogP contribution in [-0.4, -0.2) is 38.3 Å². The molecule has 2 aromatic carbocycles. The molecule has 1 amide bonds. The summed E-state index contributed by atoms with van der Waals surface area (Å²) in [5.41, 5.74) is 2.76. The van der Waals surface area contributed by atoms with Crippen molar-refractivity contribution in [2.24, 2.45) is 5.92 Å². The number of carbonyl (C=O) groups excluding carboxylic acids is 1. The highest BCUT2D eigenvalue weighted by molar-refractivity contribution is 7.88. The second kappa shape index (κ2) is 8.24. The van der Waals surface area contributed by atoms with Crippen molar-refractivity contribution in [2.75, 3.05) is 24.5 Å². The maximum absolute atomic E-state index is 13.1. The molecule has 2 aromatic rings. The molecular weight excluding hydrogens is 391 g/mol. The number of anilines is 1. The second-order valence-corrected chi connectivity index (χ2v) is 9.75. The van der Waals surface area contributed by atoms with Crippen LogP contribution in [0, 0.1) is 11.7 Å². The summed E-state index contributed by atoms with van der Waals surface area (Å²) in [7, 11) is -3.49. The Morgan fingerprint density at radius 1 is 1.00 bits per heavy atom. The third kappa shape index (κ3) is 4.36. The lowest BCUT2D eigenvalue weighted by molar-refractivity contribution is -0.123. The maximum atomic E-state index is 13.1. The molecule has 2 heterocycles. The number of para-hydroxylation sites is 1. The number of benzene rings is 2. The van der Waals surface area contributed by atoms with Gasteiger partial charge in [0.1, 0.15) is 5.82 Å². The molecule has 4 rings (SSSR count). The number of aryl methyl sites for hydroxylation is 1. The van der Waals surface area contributed by atoms with E-state index in [2.05, 4.69) is 6.07 Å². The molecule has 0 spiro atoms. The van der Waals surface area contributed by atoms with Crippen LogP contribution in [-0.2, 0) is 27.0 Å². The highest BCUT2D eigenvalue weighted by Crippen LogP contribution is 2.31. The highest BCUT2D eigenvalue weighted by atomic mass is 32.2. The first kappa shape index (κ1) is 20.0. The zero-order valence-electron chi connectivity index (χ0n) is 16.3. The lowest BCUT2D eigenvalue weighted by Crippen LogP contribution is -2.46. The predicted molar refractivity (Wildman–Crippen MR) is 110 cm³/mol. The van der Waals surface area contributed by atoms with E-state index in [1.807, 2.05) is 23.1 Å². The number of carbonyl (C=O) groups is 1. The van der Waals surface area contributed by atoms with Crippen molar-refractivity contribution < 1.29 is 17.6 Å². The van der Waals surface area contributed by atoms with Crippen molar-refractivity contribution in [1.82, 2.24) is 4.31 Å². The van der Waals surface area contributed by atoms with E-state index in [9.17, 15) is 17.6 Å². The molecule has 0 N–H and O–H groups in total. The molecule has 1 saturated heterocycles. The number of nitrogens with zero attached hydrogens (tertiary/aromatic N) is 2. The average molecular weight is 417 g/mol. The Morgan fingerprint density at radius 3 is 2.41 bits per heavy atom. The van der Waals surface area contributed by atoms with E-state index >= 15 is 0 Å². The molecular formula is C22H25FN2O3S. The summed E-state index contributed by atoms with van der Waals surface area (Å²) < 4.78 is 39.9. The number of hydrogen-bond donors (Lipinski definition) is 0. The first-order valence-electron chi connectivity index (χ1n) is 10.1. The van der Waals surface area contributed by atoms with Crippen molar-refractivity contribution in [3.63, 3.8) is 0 Å². The maximum Gasteiger partial charge on any atom is 0.230 e. The number of piperidine rings is 1. The van der Waals surface area contributed by atoms with Crippen LogP contribution in [0.15, 0.2) is 48.5 Å². The molecule has 0 saturated carbocycles. The third-order valence-electron chi connectivity index (χ3n) is 5.84. The number of hydrogen-bond acceptors (Lipinski definition) is 3.